The molecule has 3 aromatic rings. The van der Waals surface area contributed by atoms with Crippen molar-refractivity contribution < 1.29 is 19.4 Å². The maximum Gasteiger partial charge on any atom is 0.255 e. The molecule has 9 nitrogen and oxygen atoms in total. The van der Waals surface area contributed by atoms with Crippen LogP contribution in [-0.4, -0.2) is 56.9 Å². The molecule has 2 aliphatic heterocycles. The van der Waals surface area contributed by atoms with Gasteiger partial charge in [-0.05, 0) is 42.2 Å². The number of hydrogen-bond donors (Lipinski definition) is 3. The number of aliphatic hydroxyl groups is 1. The van der Waals surface area contributed by atoms with Gasteiger partial charge in [0, 0.05) is 56.6 Å². The summed E-state index contributed by atoms with van der Waals surface area (Å²) in [5.74, 6) is -0.0694. The van der Waals surface area contributed by atoms with Crippen LogP contribution in [0.3, 0.4) is 0 Å². The van der Waals surface area contributed by atoms with Gasteiger partial charge in [-0.15, -0.1) is 12.4 Å². The van der Waals surface area contributed by atoms with Crippen LogP contribution in [0.15, 0.2) is 48.8 Å². The Balaban J connectivity index is 0.00000320. The minimum atomic E-state index is -0.746. The quantitative estimate of drug-likeness (QED) is 0.416. The van der Waals surface area contributed by atoms with Crippen molar-refractivity contribution in [2.45, 2.75) is 45.1 Å². The molecule has 0 radical (unpaired) electrons. The third-order valence-electron chi connectivity index (χ3n) is 6.81. The van der Waals surface area contributed by atoms with Gasteiger partial charge in [0.15, 0.2) is 0 Å². The maximum absolute atomic E-state index is 13.2. The van der Waals surface area contributed by atoms with E-state index in [1.54, 1.807) is 27.9 Å². The molecule has 5 rings (SSSR count). The van der Waals surface area contributed by atoms with Gasteiger partial charge in [-0.2, -0.15) is 5.10 Å². The number of amides is 2. The predicted octanol–water partition coefficient (Wildman–Crippen LogP) is 2.20. The summed E-state index contributed by atoms with van der Waals surface area (Å²) in [6.07, 6.45) is 3.58. The predicted molar refractivity (Wildman–Crippen MR) is 141 cm³/mol. The monoisotopic (exact) mass is 525 g/mol. The van der Waals surface area contributed by atoms with E-state index in [1.807, 2.05) is 32.3 Å². The Labute approximate surface area is 222 Å². The van der Waals surface area contributed by atoms with Crippen molar-refractivity contribution in [2.24, 2.45) is 7.05 Å². The van der Waals surface area contributed by atoms with Gasteiger partial charge < -0.3 is 25.4 Å². The first-order valence-corrected chi connectivity index (χ1v) is 12.3. The van der Waals surface area contributed by atoms with Gasteiger partial charge in [0.2, 0.25) is 0 Å². The third kappa shape index (κ3) is 5.64. The zero-order valence-corrected chi connectivity index (χ0v) is 21.8. The number of nitrogens with zero attached hydrogens (tertiary/aromatic N) is 3. The molecule has 0 spiro atoms. The summed E-state index contributed by atoms with van der Waals surface area (Å²) in [6.45, 7) is 3.84. The Bertz CT molecular complexity index is 1290. The summed E-state index contributed by atoms with van der Waals surface area (Å²) in [4.78, 5) is 27.9. The number of ether oxygens (including phenoxy) is 1. The number of halogens is 1. The molecule has 2 atom stereocenters. The molecule has 2 amide bonds. The van der Waals surface area contributed by atoms with Crippen LogP contribution >= 0.6 is 12.4 Å². The Morgan fingerprint density at radius 1 is 1.27 bits per heavy atom. The van der Waals surface area contributed by atoms with E-state index in [-0.39, 0.29) is 36.8 Å². The van der Waals surface area contributed by atoms with Gasteiger partial charge in [0.1, 0.15) is 5.75 Å². The van der Waals surface area contributed by atoms with E-state index < -0.39 is 6.10 Å². The van der Waals surface area contributed by atoms with Crippen molar-refractivity contribution in [2.75, 3.05) is 13.2 Å². The highest BCUT2D eigenvalue weighted by molar-refractivity contribution is 6.03. The molecule has 2 unspecified atom stereocenters. The van der Waals surface area contributed by atoms with Crippen molar-refractivity contribution >= 4 is 24.2 Å². The Morgan fingerprint density at radius 3 is 2.78 bits per heavy atom. The number of carbonyl (C=O) groups excluding carboxylic acids is 2. The van der Waals surface area contributed by atoms with Gasteiger partial charge >= 0.3 is 0 Å². The van der Waals surface area contributed by atoms with Gasteiger partial charge in [-0.3, -0.25) is 14.3 Å². The molecule has 37 heavy (non-hydrogen) atoms. The van der Waals surface area contributed by atoms with Crippen LogP contribution in [0, 0.1) is 0 Å². The van der Waals surface area contributed by atoms with Crippen molar-refractivity contribution in [3.05, 3.63) is 82.2 Å². The van der Waals surface area contributed by atoms with Gasteiger partial charge in [-0.1, -0.05) is 24.3 Å². The molecule has 3 N–H and O–H groups in total. The summed E-state index contributed by atoms with van der Waals surface area (Å²) in [7, 11) is 1.84. The van der Waals surface area contributed by atoms with Gasteiger partial charge in [-0.25, -0.2) is 0 Å². The van der Waals surface area contributed by atoms with Gasteiger partial charge in [0.25, 0.3) is 11.8 Å². The zero-order valence-electron chi connectivity index (χ0n) is 20.9. The number of hydrogen-bond acceptors (Lipinski definition) is 6. The molecule has 2 aliphatic rings. The molecule has 2 aromatic carbocycles. The molecule has 10 heteroatoms. The molecule has 0 aliphatic carbocycles. The molecule has 1 aromatic heterocycles. The number of aryl methyl sites for hydroxylation is 1. The number of aromatic nitrogens is 2. The van der Waals surface area contributed by atoms with E-state index in [4.69, 9.17) is 4.74 Å². The van der Waals surface area contributed by atoms with Crippen molar-refractivity contribution in [3.63, 3.8) is 0 Å². The molecule has 0 fully saturated rings. The largest absolute Gasteiger partial charge is 0.493 e. The fourth-order valence-electron chi connectivity index (χ4n) is 4.94. The van der Waals surface area contributed by atoms with Crippen LogP contribution in [0.5, 0.6) is 5.75 Å². The molecule has 0 saturated heterocycles. The minimum Gasteiger partial charge on any atom is -0.493 e. The highest BCUT2D eigenvalue weighted by atomic mass is 35.5. The average Bonchev–Trinajstić information content (AvgIpc) is 3.43. The number of benzene rings is 2. The molecule has 0 bridgehead atoms. The SMILES string of the molecule is CCOc1cc2c(cc1C(=O)NCC(O)C1Cc3ccccc3CN1)CN(Cc1cnn(C)c1)C2=O.Cl. The molecular formula is C27H32ClN5O4. The normalized spacial score (nSPS) is 17.0. The smallest absolute Gasteiger partial charge is 0.255 e. The van der Waals surface area contributed by atoms with Crippen molar-refractivity contribution in [3.8, 4) is 5.75 Å². The van der Waals surface area contributed by atoms with Crippen LogP contribution in [0.25, 0.3) is 0 Å². The summed E-state index contributed by atoms with van der Waals surface area (Å²) in [6, 6.07) is 11.4. The molecular weight excluding hydrogens is 494 g/mol. The number of nitrogens with one attached hydrogen (secondary N) is 2. The lowest BCUT2D eigenvalue weighted by Crippen LogP contribution is -2.49. The van der Waals surface area contributed by atoms with E-state index in [0.717, 1.165) is 11.1 Å². The average molecular weight is 526 g/mol. The van der Waals surface area contributed by atoms with Crippen LogP contribution < -0.4 is 15.4 Å². The van der Waals surface area contributed by atoms with E-state index in [0.29, 0.717) is 49.5 Å². The van der Waals surface area contributed by atoms with E-state index in [1.165, 1.54) is 11.1 Å². The minimum absolute atomic E-state index is 0. The van der Waals surface area contributed by atoms with Crippen LogP contribution in [0.2, 0.25) is 0 Å². The first kappa shape index (κ1) is 26.7. The molecule has 3 heterocycles. The standard InChI is InChI=1S/C27H31N5O4.ClH/c1-3-36-25-10-21-20(16-32(27(21)35)15-17-11-30-31(2)14-17)8-22(25)26(34)29-13-24(33)23-9-18-6-4-5-7-19(18)12-28-23;/h4-8,10-11,14,23-24,28,33H,3,9,12-13,15-16H2,1-2H3,(H,29,34);1H. The Hall–Kier alpha value is -3.40. The summed E-state index contributed by atoms with van der Waals surface area (Å²) >= 11 is 0. The highest BCUT2D eigenvalue weighted by Gasteiger charge is 2.31. The number of rotatable bonds is 8. The second-order valence-corrected chi connectivity index (χ2v) is 9.36. The topological polar surface area (TPSA) is 109 Å². The lowest BCUT2D eigenvalue weighted by molar-refractivity contribution is 0.0766. The fourth-order valence-corrected chi connectivity index (χ4v) is 4.94. The summed E-state index contributed by atoms with van der Waals surface area (Å²) in [5.41, 5.74) is 5.07. The van der Waals surface area contributed by atoms with E-state index in [2.05, 4.69) is 27.9 Å². The molecule has 0 saturated carbocycles. The fraction of sp³-hybridized carbons (Fsp3) is 0.370. The summed E-state index contributed by atoms with van der Waals surface area (Å²) < 4.78 is 7.43. The molecule has 196 valence electrons. The lowest BCUT2D eigenvalue weighted by Gasteiger charge is -2.30. The first-order valence-electron chi connectivity index (χ1n) is 12.3. The van der Waals surface area contributed by atoms with Crippen molar-refractivity contribution in [1.29, 1.82) is 0 Å². The van der Waals surface area contributed by atoms with E-state index >= 15 is 0 Å². The second kappa shape index (κ2) is 11.3. The number of fused-ring (bicyclic) bond motifs is 2. The lowest BCUT2D eigenvalue weighted by atomic mass is 9.93. The maximum atomic E-state index is 13.2. The van der Waals surface area contributed by atoms with Gasteiger partial charge in [0.05, 0.1) is 24.5 Å². The highest BCUT2D eigenvalue weighted by Crippen LogP contribution is 2.31. The third-order valence-corrected chi connectivity index (χ3v) is 6.81. The summed E-state index contributed by atoms with van der Waals surface area (Å²) in [5, 5.41) is 21.2. The number of aliphatic hydroxyl groups excluding tert-OH is 1. The Kier molecular flexibility index (Phi) is 8.16. The number of carbonyl (C=O) groups is 2. The van der Waals surface area contributed by atoms with Crippen LogP contribution in [0.1, 0.15) is 49.9 Å². The second-order valence-electron chi connectivity index (χ2n) is 9.36. The van der Waals surface area contributed by atoms with E-state index in [9.17, 15) is 14.7 Å². The zero-order chi connectivity index (χ0) is 25.2. The van der Waals surface area contributed by atoms with Crippen molar-refractivity contribution in [1.82, 2.24) is 25.3 Å². The van der Waals surface area contributed by atoms with Crippen LogP contribution in [0.4, 0.5) is 0 Å². The first-order chi connectivity index (χ1) is 17.4. The van der Waals surface area contributed by atoms with Crippen LogP contribution in [-0.2, 0) is 33.1 Å². The Morgan fingerprint density at radius 2 is 2.05 bits per heavy atom.